The Morgan fingerprint density at radius 1 is 1.04 bits per heavy atom. The highest BCUT2D eigenvalue weighted by Crippen LogP contribution is 2.30. The zero-order valence-electron chi connectivity index (χ0n) is 28.4. The number of halogens is 2. The highest BCUT2D eigenvalue weighted by molar-refractivity contribution is 6.32. The standard InChI is InChI=1S/C36H48Cl2N2O8/c1-22(2)18-29(34(44)45)48-35(46)36(4,5)21-39-33(43)27(20-24-16-17-28(47-6)26(37)19-24)40-30(41)15-11-10-12-23(3)32(42)31(38)25-13-8-7-9-14-25/h7-9,11,13-17,19,22-23,27,29,31-32,42H,10,12,18,20-21H2,1-6H3,(H,39,43)(H,40,41)(H,44,45)/b15-11+/t23?,27-,29?,31+,32?/m1/s1. The number of alkyl halides is 1. The van der Waals surface area contributed by atoms with Gasteiger partial charge < -0.3 is 30.3 Å². The molecule has 0 aliphatic rings. The highest BCUT2D eigenvalue weighted by Gasteiger charge is 2.35. The summed E-state index contributed by atoms with van der Waals surface area (Å²) >= 11 is 12.8. The third-order valence-corrected chi connectivity index (χ3v) is 8.62. The number of allylic oxidation sites excluding steroid dienone is 1. The number of aliphatic hydroxyl groups is 1. The molecule has 0 fully saturated rings. The quantitative estimate of drug-likeness (QED) is 0.0804. The first-order chi connectivity index (χ1) is 22.5. The summed E-state index contributed by atoms with van der Waals surface area (Å²) in [6.07, 6.45) is 2.19. The van der Waals surface area contributed by atoms with Crippen LogP contribution in [0, 0.1) is 17.3 Å². The molecule has 2 aromatic rings. The number of aliphatic carboxylic acids is 1. The van der Waals surface area contributed by atoms with Gasteiger partial charge in [0.25, 0.3) is 0 Å². The summed E-state index contributed by atoms with van der Waals surface area (Å²) in [5, 5.41) is 25.4. The molecule has 0 saturated carbocycles. The molecule has 0 saturated heterocycles. The topological polar surface area (TPSA) is 151 Å². The molecule has 12 heteroatoms. The van der Waals surface area contributed by atoms with E-state index in [0.717, 1.165) is 5.56 Å². The van der Waals surface area contributed by atoms with Crippen LogP contribution >= 0.6 is 23.2 Å². The van der Waals surface area contributed by atoms with E-state index in [4.69, 9.17) is 32.7 Å². The summed E-state index contributed by atoms with van der Waals surface area (Å²) in [5.41, 5.74) is 0.215. The van der Waals surface area contributed by atoms with Gasteiger partial charge in [0.15, 0.2) is 6.10 Å². The van der Waals surface area contributed by atoms with Crippen LogP contribution in [-0.2, 0) is 30.3 Å². The van der Waals surface area contributed by atoms with Gasteiger partial charge in [-0.2, -0.15) is 0 Å². The minimum Gasteiger partial charge on any atom is -0.495 e. The van der Waals surface area contributed by atoms with Crippen LogP contribution in [0.5, 0.6) is 5.75 Å². The van der Waals surface area contributed by atoms with E-state index in [1.807, 2.05) is 51.1 Å². The molecule has 10 nitrogen and oxygen atoms in total. The average Bonchev–Trinajstić information content (AvgIpc) is 3.04. The fourth-order valence-corrected chi connectivity index (χ4v) is 5.44. The number of carboxylic acids is 1. The van der Waals surface area contributed by atoms with E-state index in [2.05, 4.69) is 10.6 Å². The zero-order valence-corrected chi connectivity index (χ0v) is 29.9. The molecule has 2 aromatic carbocycles. The minimum atomic E-state index is -1.31. The zero-order chi connectivity index (χ0) is 36.0. The van der Waals surface area contributed by atoms with Crippen molar-refractivity contribution in [2.24, 2.45) is 17.3 Å². The van der Waals surface area contributed by atoms with Crippen LogP contribution in [0.2, 0.25) is 5.02 Å². The smallest absolute Gasteiger partial charge is 0.345 e. The molecule has 0 aliphatic carbocycles. The lowest BCUT2D eigenvalue weighted by Gasteiger charge is -2.27. The molecule has 4 N–H and O–H groups in total. The number of rotatable bonds is 19. The number of methoxy groups -OCH3 is 1. The first-order valence-corrected chi connectivity index (χ1v) is 16.7. The molecule has 0 heterocycles. The van der Waals surface area contributed by atoms with Crippen molar-refractivity contribution in [1.29, 1.82) is 0 Å². The molecule has 0 aliphatic heterocycles. The maximum Gasteiger partial charge on any atom is 0.345 e. The van der Waals surface area contributed by atoms with Gasteiger partial charge in [-0.3, -0.25) is 14.4 Å². The fraction of sp³-hybridized carbons (Fsp3) is 0.500. The Hall–Kier alpha value is -3.60. The molecule has 48 heavy (non-hydrogen) atoms. The first-order valence-electron chi connectivity index (χ1n) is 15.9. The van der Waals surface area contributed by atoms with Crippen molar-refractivity contribution < 1.29 is 38.9 Å². The van der Waals surface area contributed by atoms with Crippen LogP contribution in [0.15, 0.2) is 60.7 Å². The van der Waals surface area contributed by atoms with Crippen LogP contribution < -0.4 is 15.4 Å². The largest absolute Gasteiger partial charge is 0.495 e. The molecule has 2 amide bonds. The third kappa shape index (κ3) is 13.1. The number of carboxylic acid groups (broad SMARTS) is 1. The summed E-state index contributed by atoms with van der Waals surface area (Å²) in [7, 11) is 1.48. The van der Waals surface area contributed by atoms with Crippen LogP contribution in [-0.4, -0.2) is 65.9 Å². The van der Waals surface area contributed by atoms with E-state index in [9.17, 15) is 29.4 Å². The molecule has 3 unspecified atom stereocenters. The Morgan fingerprint density at radius 2 is 1.71 bits per heavy atom. The van der Waals surface area contributed by atoms with Crippen molar-refractivity contribution in [3.05, 3.63) is 76.8 Å². The van der Waals surface area contributed by atoms with Gasteiger partial charge >= 0.3 is 11.9 Å². The van der Waals surface area contributed by atoms with Gasteiger partial charge in [0.1, 0.15) is 11.8 Å². The monoisotopic (exact) mass is 706 g/mol. The Morgan fingerprint density at radius 3 is 2.29 bits per heavy atom. The molecule has 0 bridgehead atoms. The van der Waals surface area contributed by atoms with E-state index < -0.39 is 52.8 Å². The van der Waals surface area contributed by atoms with Crippen molar-refractivity contribution in [3.63, 3.8) is 0 Å². The van der Waals surface area contributed by atoms with Gasteiger partial charge in [-0.1, -0.05) is 74.8 Å². The average molecular weight is 708 g/mol. The summed E-state index contributed by atoms with van der Waals surface area (Å²) in [4.78, 5) is 50.9. The second kappa shape index (κ2) is 19.4. The Labute approximate surface area is 293 Å². The SMILES string of the molecule is COc1ccc(C[C@@H](NC(=O)/C=C/CCC(C)C(O)[C@@H](Cl)c2ccccc2)C(=O)NCC(C)(C)C(=O)OC(CC(C)C)C(=O)O)cc1Cl. The van der Waals surface area contributed by atoms with Crippen LogP contribution in [0.25, 0.3) is 0 Å². The molecule has 264 valence electrons. The Bertz CT molecular complexity index is 1400. The second-order valence-electron chi connectivity index (χ2n) is 13.0. The first kappa shape index (κ1) is 40.6. The fourth-order valence-electron chi connectivity index (χ4n) is 4.76. The lowest BCUT2D eigenvalue weighted by atomic mass is 9.93. The van der Waals surface area contributed by atoms with Gasteiger partial charge in [-0.15, -0.1) is 11.6 Å². The second-order valence-corrected chi connectivity index (χ2v) is 13.8. The lowest BCUT2D eigenvalue weighted by molar-refractivity contribution is -0.171. The van der Waals surface area contributed by atoms with Gasteiger partial charge in [-0.05, 0) is 74.3 Å². The summed E-state index contributed by atoms with van der Waals surface area (Å²) in [6.45, 7) is 8.43. The third-order valence-electron chi connectivity index (χ3n) is 7.82. The van der Waals surface area contributed by atoms with Gasteiger partial charge in [-0.25, -0.2) is 4.79 Å². The number of esters is 1. The number of carbonyl (C=O) groups is 4. The van der Waals surface area contributed by atoms with Crippen molar-refractivity contribution >= 4 is 47.0 Å². The summed E-state index contributed by atoms with van der Waals surface area (Å²) in [6, 6.07) is 13.3. The molecule has 5 atom stereocenters. The molecular weight excluding hydrogens is 659 g/mol. The number of hydrogen-bond acceptors (Lipinski definition) is 7. The Balaban J connectivity index is 2.08. The van der Waals surface area contributed by atoms with Crippen molar-refractivity contribution in [1.82, 2.24) is 10.6 Å². The Kier molecular flexibility index (Phi) is 16.4. The molecular formula is C36H48Cl2N2O8. The number of hydrogen-bond donors (Lipinski definition) is 4. The van der Waals surface area contributed by atoms with Gasteiger partial charge in [0.05, 0.1) is 29.0 Å². The van der Waals surface area contributed by atoms with E-state index in [-0.39, 0.29) is 31.2 Å². The predicted molar refractivity (Wildman–Crippen MR) is 186 cm³/mol. The van der Waals surface area contributed by atoms with E-state index >= 15 is 0 Å². The molecule has 0 radical (unpaired) electrons. The van der Waals surface area contributed by atoms with E-state index in [1.165, 1.54) is 27.0 Å². The van der Waals surface area contributed by atoms with E-state index in [1.54, 1.807) is 24.3 Å². The minimum absolute atomic E-state index is 0.0146. The van der Waals surface area contributed by atoms with Crippen LogP contribution in [0.3, 0.4) is 0 Å². The summed E-state index contributed by atoms with van der Waals surface area (Å²) < 4.78 is 10.5. The van der Waals surface area contributed by atoms with Crippen LogP contribution in [0.4, 0.5) is 0 Å². The summed E-state index contributed by atoms with van der Waals surface area (Å²) in [5.74, 6) is -2.80. The van der Waals surface area contributed by atoms with Crippen molar-refractivity contribution in [2.75, 3.05) is 13.7 Å². The van der Waals surface area contributed by atoms with Crippen molar-refractivity contribution in [3.8, 4) is 5.75 Å². The molecule has 0 spiro atoms. The van der Waals surface area contributed by atoms with E-state index in [0.29, 0.717) is 29.2 Å². The molecule has 0 aromatic heterocycles. The highest BCUT2D eigenvalue weighted by atomic mass is 35.5. The number of aliphatic hydroxyl groups excluding tert-OH is 1. The molecule has 2 rings (SSSR count). The maximum absolute atomic E-state index is 13.4. The number of carbonyl (C=O) groups excluding carboxylic acids is 3. The van der Waals surface area contributed by atoms with Crippen molar-refractivity contribution in [2.45, 2.75) is 83.9 Å². The van der Waals surface area contributed by atoms with Gasteiger partial charge in [0.2, 0.25) is 11.8 Å². The lowest BCUT2D eigenvalue weighted by Crippen LogP contribution is -2.51. The normalized spacial score (nSPS) is 14.9. The number of nitrogens with one attached hydrogen (secondary N) is 2. The number of benzene rings is 2. The number of ether oxygens (including phenoxy) is 2. The predicted octanol–water partition coefficient (Wildman–Crippen LogP) is 5.87. The van der Waals surface area contributed by atoms with Gasteiger partial charge in [0, 0.05) is 13.0 Å². The van der Waals surface area contributed by atoms with Crippen LogP contribution in [0.1, 0.15) is 70.4 Å². The number of amides is 2. The maximum atomic E-state index is 13.4.